The van der Waals surface area contributed by atoms with Crippen molar-refractivity contribution in [1.29, 1.82) is 0 Å². The molecule has 1 rings (SSSR count). The van der Waals surface area contributed by atoms with Crippen molar-refractivity contribution in [2.45, 2.75) is 33.6 Å². The zero-order valence-electron chi connectivity index (χ0n) is 9.26. The molecule has 76 valence electrons. The third kappa shape index (κ3) is 4.41. The van der Waals surface area contributed by atoms with Gasteiger partial charge in [0.25, 0.3) is 0 Å². The van der Waals surface area contributed by atoms with Crippen LogP contribution < -0.4 is 0 Å². The molecular formula is C11H21NO. The SMILES string of the molecule is CN(CC(=O)C1CC1)CC(C)(C)C. The van der Waals surface area contributed by atoms with Crippen molar-refractivity contribution in [1.82, 2.24) is 4.90 Å². The predicted octanol–water partition coefficient (Wildman–Crippen LogP) is 1.94. The minimum atomic E-state index is 0.290. The maximum atomic E-state index is 11.5. The molecule has 0 N–H and O–H groups in total. The van der Waals surface area contributed by atoms with Gasteiger partial charge in [0.1, 0.15) is 5.78 Å². The van der Waals surface area contributed by atoms with Gasteiger partial charge in [-0.1, -0.05) is 20.8 Å². The number of nitrogens with zero attached hydrogens (tertiary/aromatic N) is 1. The smallest absolute Gasteiger partial charge is 0.149 e. The minimum absolute atomic E-state index is 0.290. The highest BCUT2D eigenvalue weighted by molar-refractivity contribution is 5.84. The summed E-state index contributed by atoms with van der Waals surface area (Å²) in [4.78, 5) is 13.6. The second-order valence-electron chi connectivity index (χ2n) is 5.47. The van der Waals surface area contributed by atoms with E-state index < -0.39 is 0 Å². The number of likely N-dealkylation sites (N-methyl/N-ethyl adjacent to an activating group) is 1. The summed E-state index contributed by atoms with van der Waals surface area (Å²) < 4.78 is 0. The van der Waals surface area contributed by atoms with Crippen LogP contribution in [0.2, 0.25) is 0 Å². The Morgan fingerprint density at radius 2 is 1.92 bits per heavy atom. The molecule has 0 saturated heterocycles. The first-order valence-electron chi connectivity index (χ1n) is 5.10. The van der Waals surface area contributed by atoms with Gasteiger partial charge < -0.3 is 0 Å². The number of carbonyl (C=O) groups excluding carboxylic acids is 1. The van der Waals surface area contributed by atoms with Crippen molar-refractivity contribution < 1.29 is 4.79 Å². The van der Waals surface area contributed by atoms with Crippen LogP contribution in [0.4, 0.5) is 0 Å². The zero-order valence-corrected chi connectivity index (χ0v) is 9.26. The molecule has 0 aromatic rings. The molecule has 0 aromatic heterocycles. The van der Waals surface area contributed by atoms with Crippen molar-refractivity contribution >= 4 is 5.78 Å². The number of carbonyl (C=O) groups is 1. The molecule has 1 saturated carbocycles. The number of ketones is 1. The van der Waals surface area contributed by atoms with Crippen LogP contribution in [0.3, 0.4) is 0 Å². The van der Waals surface area contributed by atoms with Crippen LogP contribution in [0.15, 0.2) is 0 Å². The average Bonchev–Trinajstić information content (AvgIpc) is 2.60. The van der Waals surface area contributed by atoms with Gasteiger partial charge in [0.05, 0.1) is 6.54 Å². The molecular weight excluding hydrogens is 162 g/mol. The summed E-state index contributed by atoms with van der Waals surface area (Å²) in [6, 6.07) is 0. The topological polar surface area (TPSA) is 20.3 Å². The van der Waals surface area contributed by atoms with Crippen molar-refractivity contribution in [3.63, 3.8) is 0 Å². The van der Waals surface area contributed by atoms with Crippen LogP contribution in [0.25, 0.3) is 0 Å². The molecule has 2 heteroatoms. The summed E-state index contributed by atoms with van der Waals surface area (Å²) in [5, 5.41) is 0. The minimum Gasteiger partial charge on any atom is -0.299 e. The van der Waals surface area contributed by atoms with E-state index in [-0.39, 0.29) is 0 Å². The average molecular weight is 183 g/mol. The Balaban J connectivity index is 2.23. The van der Waals surface area contributed by atoms with E-state index in [4.69, 9.17) is 0 Å². The molecule has 0 bridgehead atoms. The van der Waals surface area contributed by atoms with Gasteiger partial charge in [-0.3, -0.25) is 9.69 Å². The Morgan fingerprint density at radius 1 is 1.38 bits per heavy atom. The van der Waals surface area contributed by atoms with E-state index in [2.05, 4.69) is 25.7 Å². The third-order valence-electron chi connectivity index (χ3n) is 2.20. The molecule has 0 unspecified atom stereocenters. The Kier molecular flexibility index (Phi) is 3.12. The fraction of sp³-hybridized carbons (Fsp3) is 0.909. The van der Waals surface area contributed by atoms with E-state index in [1.807, 2.05) is 7.05 Å². The number of hydrogen-bond donors (Lipinski definition) is 0. The van der Waals surface area contributed by atoms with E-state index in [1.54, 1.807) is 0 Å². The number of rotatable bonds is 4. The summed E-state index contributed by atoms with van der Waals surface area (Å²) in [5.74, 6) is 0.842. The number of Topliss-reactive ketones (excluding diaryl/α,β-unsaturated/α-hetero) is 1. The van der Waals surface area contributed by atoms with Gasteiger partial charge in [-0.2, -0.15) is 0 Å². The highest BCUT2D eigenvalue weighted by atomic mass is 16.1. The summed E-state index contributed by atoms with van der Waals surface area (Å²) in [5.41, 5.74) is 0.290. The molecule has 13 heavy (non-hydrogen) atoms. The highest BCUT2D eigenvalue weighted by Crippen LogP contribution is 2.30. The lowest BCUT2D eigenvalue weighted by Gasteiger charge is -2.25. The molecule has 1 aliphatic carbocycles. The first-order valence-corrected chi connectivity index (χ1v) is 5.10. The van der Waals surface area contributed by atoms with Gasteiger partial charge >= 0.3 is 0 Å². The molecule has 0 aromatic carbocycles. The van der Waals surface area contributed by atoms with E-state index in [9.17, 15) is 4.79 Å². The molecule has 0 atom stereocenters. The first-order chi connectivity index (χ1) is 5.88. The fourth-order valence-corrected chi connectivity index (χ4v) is 1.67. The van der Waals surface area contributed by atoms with Gasteiger partial charge in [-0.05, 0) is 25.3 Å². The zero-order chi connectivity index (χ0) is 10.1. The van der Waals surface area contributed by atoms with Crippen molar-refractivity contribution in [3.8, 4) is 0 Å². The van der Waals surface area contributed by atoms with Gasteiger partial charge in [-0.15, -0.1) is 0 Å². The van der Waals surface area contributed by atoms with Gasteiger partial charge in [0.15, 0.2) is 0 Å². The summed E-state index contributed by atoms with van der Waals surface area (Å²) in [7, 11) is 2.03. The Morgan fingerprint density at radius 3 is 2.31 bits per heavy atom. The van der Waals surface area contributed by atoms with Crippen molar-refractivity contribution in [3.05, 3.63) is 0 Å². The lowest BCUT2D eigenvalue weighted by Crippen LogP contribution is -2.34. The second-order valence-corrected chi connectivity index (χ2v) is 5.47. The third-order valence-corrected chi connectivity index (χ3v) is 2.20. The van der Waals surface area contributed by atoms with Crippen LogP contribution >= 0.6 is 0 Å². The quantitative estimate of drug-likeness (QED) is 0.664. The van der Waals surface area contributed by atoms with Crippen molar-refractivity contribution in [2.24, 2.45) is 11.3 Å². The maximum Gasteiger partial charge on any atom is 0.149 e. The molecule has 0 amide bonds. The number of hydrogen-bond acceptors (Lipinski definition) is 2. The summed E-state index contributed by atoms with van der Waals surface area (Å²) in [6.07, 6.45) is 2.25. The monoisotopic (exact) mass is 183 g/mol. The van der Waals surface area contributed by atoms with Crippen LogP contribution in [0.5, 0.6) is 0 Å². The first kappa shape index (κ1) is 10.7. The van der Waals surface area contributed by atoms with Crippen LogP contribution in [0.1, 0.15) is 33.6 Å². The highest BCUT2D eigenvalue weighted by Gasteiger charge is 2.30. The lowest BCUT2D eigenvalue weighted by atomic mass is 9.96. The Labute approximate surface area is 81.3 Å². The van der Waals surface area contributed by atoms with Crippen LogP contribution in [-0.2, 0) is 4.79 Å². The molecule has 0 aliphatic heterocycles. The van der Waals surface area contributed by atoms with Gasteiger partial charge in [-0.25, -0.2) is 0 Å². The molecule has 1 fully saturated rings. The van der Waals surface area contributed by atoms with Gasteiger partial charge in [0, 0.05) is 12.5 Å². The Bertz CT molecular complexity index is 189. The lowest BCUT2D eigenvalue weighted by molar-refractivity contribution is -0.121. The maximum absolute atomic E-state index is 11.5. The fourth-order valence-electron chi connectivity index (χ4n) is 1.67. The van der Waals surface area contributed by atoms with E-state index in [1.165, 1.54) is 0 Å². The van der Waals surface area contributed by atoms with E-state index in [0.29, 0.717) is 23.7 Å². The Hall–Kier alpha value is -0.370. The van der Waals surface area contributed by atoms with Crippen LogP contribution in [-0.4, -0.2) is 30.8 Å². The standard InChI is InChI=1S/C11H21NO/c1-11(2,3)8-12(4)7-10(13)9-5-6-9/h9H,5-8H2,1-4H3. The van der Waals surface area contributed by atoms with Crippen LogP contribution in [0, 0.1) is 11.3 Å². The van der Waals surface area contributed by atoms with Crippen molar-refractivity contribution in [2.75, 3.05) is 20.1 Å². The predicted molar refractivity (Wildman–Crippen MR) is 54.7 cm³/mol. The molecule has 0 heterocycles. The van der Waals surface area contributed by atoms with E-state index in [0.717, 1.165) is 19.4 Å². The summed E-state index contributed by atoms with van der Waals surface area (Å²) >= 11 is 0. The van der Waals surface area contributed by atoms with Gasteiger partial charge in [0.2, 0.25) is 0 Å². The molecule has 0 radical (unpaired) electrons. The molecule has 2 nitrogen and oxygen atoms in total. The second kappa shape index (κ2) is 3.79. The van der Waals surface area contributed by atoms with E-state index >= 15 is 0 Å². The summed E-state index contributed by atoms with van der Waals surface area (Å²) in [6.45, 7) is 8.23. The largest absolute Gasteiger partial charge is 0.299 e. The molecule has 0 spiro atoms. The molecule has 1 aliphatic rings. The normalized spacial score (nSPS) is 17.9.